The number of likely N-dealkylation sites (tertiary alicyclic amines) is 1. The molecule has 0 aromatic carbocycles. The first-order valence-corrected chi connectivity index (χ1v) is 6.33. The van der Waals surface area contributed by atoms with E-state index in [-0.39, 0.29) is 50.1 Å². The highest BCUT2D eigenvalue weighted by atomic mass is 16.4. The maximum Gasteiger partial charge on any atom is 0.325 e. The van der Waals surface area contributed by atoms with Gasteiger partial charge in [-0.3, -0.25) is 28.8 Å². The quantitative estimate of drug-likeness (QED) is 0.679. The van der Waals surface area contributed by atoms with Gasteiger partial charge >= 0.3 is 5.97 Å². The van der Waals surface area contributed by atoms with Crippen LogP contribution in [0.3, 0.4) is 0 Å². The molecular formula is C12H14N4O5. The van der Waals surface area contributed by atoms with Crippen molar-refractivity contribution in [3.8, 4) is 0 Å². The number of aromatic nitrogens is 2. The number of carbonyl (C=O) groups excluding carboxylic acids is 3. The topological polar surface area (TPSA) is 122 Å². The smallest absolute Gasteiger partial charge is 0.325 e. The average molecular weight is 294 g/mol. The summed E-state index contributed by atoms with van der Waals surface area (Å²) >= 11 is 0. The molecule has 2 rings (SSSR count). The lowest BCUT2D eigenvalue weighted by Gasteiger charge is -2.12. The van der Waals surface area contributed by atoms with Crippen LogP contribution in [0.25, 0.3) is 0 Å². The first-order chi connectivity index (χ1) is 9.95. The number of anilines is 1. The molecule has 9 heteroatoms. The molecule has 1 aliphatic heterocycles. The van der Waals surface area contributed by atoms with E-state index in [0.29, 0.717) is 5.69 Å². The van der Waals surface area contributed by atoms with Gasteiger partial charge in [-0.25, -0.2) is 0 Å². The Morgan fingerprint density at radius 3 is 2.57 bits per heavy atom. The minimum absolute atomic E-state index is 0.0123. The number of nitrogens with one attached hydrogen (secondary N) is 1. The molecule has 3 amide bonds. The van der Waals surface area contributed by atoms with Crippen LogP contribution >= 0.6 is 0 Å². The molecule has 0 bridgehead atoms. The summed E-state index contributed by atoms with van der Waals surface area (Å²) in [5.41, 5.74) is 0.361. The van der Waals surface area contributed by atoms with E-state index >= 15 is 0 Å². The molecule has 0 unspecified atom stereocenters. The van der Waals surface area contributed by atoms with E-state index in [2.05, 4.69) is 10.4 Å². The normalized spacial score (nSPS) is 14.6. The number of hydrogen-bond donors (Lipinski definition) is 2. The van der Waals surface area contributed by atoms with Gasteiger partial charge in [-0.2, -0.15) is 5.10 Å². The van der Waals surface area contributed by atoms with Gasteiger partial charge in [-0.15, -0.1) is 0 Å². The summed E-state index contributed by atoms with van der Waals surface area (Å²) in [6, 6.07) is 0. The van der Waals surface area contributed by atoms with Gasteiger partial charge < -0.3 is 10.4 Å². The highest BCUT2D eigenvalue weighted by Gasteiger charge is 2.28. The molecule has 2 N–H and O–H groups in total. The Kier molecular flexibility index (Phi) is 4.31. The molecule has 9 nitrogen and oxygen atoms in total. The summed E-state index contributed by atoms with van der Waals surface area (Å²) in [6.07, 6.45) is 3.09. The Hall–Kier alpha value is -2.71. The number of amides is 3. The predicted molar refractivity (Wildman–Crippen MR) is 69.1 cm³/mol. The lowest BCUT2D eigenvalue weighted by molar-refractivity contribution is -0.139. The van der Waals surface area contributed by atoms with Gasteiger partial charge in [-0.1, -0.05) is 0 Å². The zero-order valence-electron chi connectivity index (χ0n) is 11.1. The van der Waals surface area contributed by atoms with Gasteiger partial charge in [0, 0.05) is 32.0 Å². The molecule has 21 heavy (non-hydrogen) atoms. The Labute approximate surface area is 119 Å². The zero-order valence-corrected chi connectivity index (χ0v) is 11.1. The monoisotopic (exact) mass is 294 g/mol. The number of imide groups is 1. The van der Waals surface area contributed by atoms with Crippen LogP contribution in [-0.2, 0) is 25.7 Å². The Bertz CT molecular complexity index is 578. The molecule has 0 spiro atoms. The van der Waals surface area contributed by atoms with E-state index in [1.165, 1.54) is 17.1 Å². The molecule has 1 saturated heterocycles. The van der Waals surface area contributed by atoms with Crippen molar-refractivity contribution in [2.45, 2.75) is 25.8 Å². The lowest BCUT2D eigenvalue weighted by atomic mass is 10.3. The van der Waals surface area contributed by atoms with Crippen molar-refractivity contribution >= 4 is 29.4 Å². The van der Waals surface area contributed by atoms with Crippen LogP contribution in [0.1, 0.15) is 19.3 Å². The summed E-state index contributed by atoms with van der Waals surface area (Å²) in [6.45, 7) is -0.251. The van der Waals surface area contributed by atoms with E-state index in [1.807, 2.05) is 0 Å². The van der Waals surface area contributed by atoms with Crippen molar-refractivity contribution < 1.29 is 24.3 Å². The van der Waals surface area contributed by atoms with E-state index in [1.54, 1.807) is 0 Å². The van der Waals surface area contributed by atoms with Gasteiger partial charge in [0.25, 0.3) is 0 Å². The third kappa shape index (κ3) is 3.88. The number of rotatable bonds is 6. The standard InChI is InChI=1S/C12H14N4O5/c17-9(3-4-16-10(18)1-2-11(16)19)14-8-5-13-15(6-8)7-12(20)21/h5-6H,1-4,7H2,(H,14,17)(H,20,21). The second-order valence-corrected chi connectivity index (χ2v) is 4.56. The predicted octanol–water partition coefficient (Wildman–Crippen LogP) is -0.555. The van der Waals surface area contributed by atoms with Crippen LogP contribution in [0.4, 0.5) is 5.69 Å². The van der Waals surface area contributed by atoms with Crippen LogP contribution in [0.2, 0.25) is 0 Å². The zero-order chi connectivity index (χ0) is 15.4. The number of nitrogens with zero attached hydrogens (tertiary/aromatic N) is 3. The minimum Gasteiger partial charge on any atom is -0.480 e. The molecule has 112 valence electrons. The fourth-order valence-corrected chi connectivity index (χ4v) is 1.96. The van der Waals surface area contributed by atoms with Crippen molar-refractivity contribution in [1.82, 2.24) is 14.7 Å². The van der Waals surface area contributed by atoms with Crippen molar-refractivity contribution in [2.24, 2.45) is 0 Å². The first kappa shape index (κ1) is 14.7. The number of carbonyl (C=O) groups is 4. The Morgan fingerprint density at radius 2 is 1.95 bits per heavy atom. The molecule has 2 heterocycles. The molecule has 1 aliphatic rings. The molecule has 1 aromatic heterocycles. The SMILES string of the molecule is O=C(O)Cn1cc(NC(=O)CCN2C(=O)CCC2=O)cn1. The van der Waals surface area contributed by atoms with E-state index in [0.717, 1.165) is 4.90 Å². The van der Waals surface area contributed by atoms with Crippen LogP contribution in [0, 0.1) is 0 Å². The molecule has 0 radical (unpaired) electrons. The fraction of sp³-hybridized carbons (Fsp3) is 0.417. The summed E-state index contributed by atoms with van der Waals surface area (Å²) in [5.74, 6) is -1.94. The van der Waals surface area contributed by atoms with Crippen LogP contribution in [0.5, 0.6) is 0 Å². The second-order valence-electron chi connectivity index (χ2n) is 4.56. The summed E-state index contributed by atoms with van der Waals surface area (Å²) < 4.78 is 1.17. The maximum atomic E-state index is 11.7. The largest absolute Gasteiger partial charge is 0.480 e. The van der Waals surface area contributed by atoms with Crippen molar-refractivity contribution in [3.05, 3.63) is 12.4 Å². The van der Waals surface area contributed by atoms with Crippen LogP contribution in [-0.4, -0.2) is 50.0 Å². The molecular weight excluding hydrogens is 280 g/mol. The lowest BCUT2D eigenvalue weighted by Crippen LogP contribution is -2.32. The fourth-order valence-electron chi connectivity index (χ4n) is 1.96. The highest BCUT2D eigenvalue weighted by molar-refractivity contribution is 6.02. The number of carboxylic acids is 1. The van der Waals surface area contributed by atoms with Gasteiger partial charge in [0.05, 0.1) is 11.9 Å². The van der Waals surface area contributed by atoms with Crippen molar-refractivity contribution in [1.29, 1.82) is 0 Å². The Morgan fingerprint density at radius 1 is 1.29 bits per heavy atom. The third-order valence-corrected chi connectivity index (χ3v) is 2.93. The first-order valence-electron chi connectivity index (χ1n) is 6.33. The summed E-state index contributed by atoms with van der Waals surface area (Å²) in [5, 5.41) is 14.9. The van der Waals surface area contributed by atoms with Gasteiger partial charge in [0.1, 0.15) is 6.54 Å². The maximum absolute atomic E-state index is 11.7. The molecule has 0 atom stereocenters. The number of aliphatic carboxylic acids is 1. The van der Waals surface area contributed by atoms with E-state index < -0.39 is 5.97 Å². The second kappa shape index (κ2) is 6.16. The molecule has 1 fully saturated rings. The number of carboxylic acid groups (broad SMARTS) is 1. The molecule has 0 saturated carbocycles. The molecule has 0 aliphatic carbocycles. The molecule has 1 aromatic rings. The van der Waals surface area contributed by atoms with Crippen LogP contribution < -0.4 is 5.32 Å². The van der Waals surface area contributed by atoms with E-state index in [9.17, 15) is 19.2 Å². The van der Waals surface area contributed by atoms with Gasteiger partial charge in [0.2, 0.25) is 17.7 Å². The van der Waals surface area contributed by atoms with E-state index in [4.69, 9.17) is 5.11 Å². The van der Waals surface area contributed by atoms with Gasteiger partial charge in [-0.05, 0) is 0 Å². The van der Waals surface area contributed by atoms with Crippen LogP contribution in [0.15, 0.2) is 12.4 Å². The van der Waals surface area contributed by atoms with Gasteiger partial charge in [0.15, 0.2) is 0 Å². The third-order valence-electron chi connectivity index (χ3n) is 2.93. The highest BCUT2D eigenvalue weighted by Crippen LogP contribution is 2.12. The minimum atomic E-state index is -1.04. The average Bonchev–Trinajstić information content (AvgIpc) is 2.95. The summed E-state index contributed by atoms with van der Waals surface area (Å²) in [4.78, 5) is 46.0. The van der Waals surface area contributed by atoms with Crippen molar-refractivity contribution in [3.63, 3.8) is 0 Å². The van der Waals surface area contributed by atoms with Crippen molar-refractivity contribution in [2.75, 3.05) is 11.9 Å². The Balaban J connectivity index is 1.81. The summed E-state index contributed by atoms with van der Waals surface area (Å²) in [7, 11) is 0. The number of hydrogen-bond acceptors (Lipinski definition) is 5.